The molecular formula is C19H29N2O5S+. The molecule has 0 unspecified atom stereocenters. The van der Waals surface area contributed by atoms with E-state index in [1.807, 2.05) is 23.1 Å². The highest BCUT2D eigenvalue weighted by atomic mass is 32.2. The summed E-state index contributed by atoms with van der Waals surface area (Å²) >= 11 is 0. The Morgan fingerprint density at radius 2 is 1.89 bits per heavy atom. The van der Waals surface area contributed by atoms with Gasteiger partial charge in [-0.05, 0) is 30.5 Å². The van der Waals surface area contributed by atoms with Gasteiger partial charge in [0, 0.05) is 12.0 Å². The summed E-state index contributed by atoms with van der Waals surface area (Å²) in [6.45, 7) is 4.11. The molecule has 0 saturated carbocycles. The molecule has 2 aliphatic rings. The molecule has 8 heteroatoms. The lowest BCUT2D eigenvalue weighted by atomic mass is 10.0. The summed E-state index contributed by atoms with van der Waals surface area (Å²) in [4.78, 5) is 15.8. The Morgan fingerprint density at radius 3 is 2.48 bits per heavy atom. The summed E-state index contributed by atoms with van der Waals surface area (Å²) in [6, 6.07) is 5.97. The molecule has 2 saturated heterocycles. The number of ether oxygens (including phenoxy) is 2. The lowest BCUT2D eigenvalue weighted by Gasteiger charge is -2.32. The molecule has 0 aliphatic carbocycles. The Balaban J connectivity index is 1.48. The lowest BCUT2D eigenvalue weighted by molar-refractivity contribution is -0.917. The van der Waals surface area contributed by atoms with Crippen LogP contribution in [-0.2, 0) is 21.2 Å². The molecule has 7 nitrogen and oxygen atoms in total. The number of hydrogen-bond donors (Lipinski definition) is 1. The fourth-order valence-corrected chi connectivity index (χ4v) is 5.80. The molecule has 0 spiro atoms. The van der Waals surface area contributed by atoms with E-state index in [1.54, 1.807) is 14.2 Å². The number of nitrogens with one attached hydrogen (secondary N) is 1. The van der Waals surface area contributed by atoms with Crippen LogP contribution in [0.5, 0.6) is 11.5 Å². The second-order valence-electron chi connectivity index (χ2n) is 7.47. The molecule has 0 aromatic heterocycles. The van der Waals surface area contributed by atoms with Gasteiger partial charge in [-0.25, -0.2) is 8.42 Å². The molecule has 1 aromatic carbocycles. The monoisotopic (exact) mass is 397 g/mol. The first-order chi connectivity index (χ1) is 12.9. The van der Waals surface area contributed by atoms with E-state index in [0.29, 0.717) is 12.8 Å². The predicted octanol–water partition coefficient (Wildman–Crippen LogP) is -0.244. The number of nitrogens with zero attached hydrogens (tertiary/aromatic N) is 1. The van der Waals surface area contributed by atoms with Crippen LogP contribution in [0.15, 0.2) is 18.2 Å². The summed E-state index contributed by atoms with van der Waals surface area (Å²) in [5.41, 5.74) is 1.18. The molecule has 150 valence electrons. The molecule has 27 heavy (non-hydrogen) atoms. The molecule has 1 atom stereocenters. The van der Waals surface area contributed by atoms with Crippen LogP contribution in [-0.4, -0.2) is 71.1 Å². The quantitative estimate of drug-likeness (QED) is 0.717. The minimum absolute atomic E-state index is 0.000333. The van der Waals surface area contributed by atoms with Crippen molar-refractivity contribution in [3.63, 3.8) is 0 Å². The summed E-state index contributed by atoms with van der Waals surface area (Å²) in [7, 11) is 0.338. The third kappa shape index (κ3) is 5.13. The van der Waals surface area contributed by atoms with Crippen LogP contribution in [0.3, 0.4) is 0 Å². The van der Waals surface area contributed by atoms with Crippen molar-refractivity contribution in [1.29, 1.82) is 0 Å². The molecule has 0 bridgehead atoms. The zero-order valence-corrected chi connectivity index (χ0v) is 16.9. The fourth-order valence-electron chi connectivity index (χ4n) is 3.94. The second kappa shape index (κ2) is 8.48. The average Bonchev–Trinajstić information content (AvgIpc) is 3.00. The minimum atomic E-state index is -2.92. The van der Waals surface area contributed by atoms with Gasteiger partial charge in [0.15, 0.2) is 21.3 Å². The largest absolute Gasteiger partial charge is 0.493 e. The molecule has 2 fully saturated rings. The van der Waals surface area contributed by atoms with Gasteiger partial charge in [-0.1, -0.05) is 0 Å². The summed E-state index contributed by atoms with van der Waals surface area (Å²) in [5, 5.41) is 0. The highest BCUT2D eigenvalue weighted by Gasteiger charge is 2.32. The van der Waals surface area contributed by atoms with E-state index in [0.717, 1.165) is 44.2 Å². The maximum atomic E-state index is 12.5. The van der Waals surface area contributed by atoms with Gasteiger partial charge in [0.05, 0.1) is 51.9 Å². The highest BCUT2D eigenvalue weighted by Crippen LogP contribution is 2.27. The Bertz CT molecular complexity index is 772. The van der Waals surface area contributed by atoms with E-state index >= 15 is 0 Å². The zero-order valence-electron chi connectivity index (χ0n) is 16.1. The lowest BCUT2D eigenvalue weighted by Crippen LogP contribution is -3.13. The number of carbonyl (C=O) groups excluding carboxylic acids is 1. The van der Waals surface area contributed by atoms with Crippen molar-refractivity contribution < 1.29 is 27.6 Å². The van der Waals surface area contributed by atoms with Gasteiger partial charge >= 0.3 is 0 Å². The van der Waals surface area contributed by atoms with Crippen LogP contribution in [0.25, 0.3) is 0 Å². The maximum absolute atomic E-state index is 12.5. The number of carbonyl (C=O) groups is 1. The molecule has 1 amide bonds. The summed E-state index contributed by atoms with van der Waals surface area (Å²) in [6.07, 6.45) is 0.989. The van der Waals surface area contributed by atoms with Crippen molar-refractivity contribution >= 4 is 15.7 Å². The van der Waals surface area contributed by atoms with E-state index in [-0.39, 0.29) is 23.3 Å². The van der Waals surface area contributed by atoms with Gasteiger partial charge in [-0.3, -0.25) is 4.79 Å². The highest BCUT2D eigenvalue weighted by molar-refractivity contribution is 7.91. The first kappa shape index (κ1) is 19.9. The van der Waals surface area contributed by atoms with Crippen molar-refractivity contribution in [2.75, 3.05) is 51.9 Å². The van der Waals surface area contributed by atoms with Crippen molar-refractivity contribution in [1.82, 2.24) is 4.90 Å². The van der Waals surface area contributed by atoms with Crippen molar-refractivity contribution in [2.24, 2.45) is 5.92 Å². The average molecular weight is 398 g/mol. The molecule has 2 heterocycles. The third-order valence-corrected chi connectivity index (χ3v) is 7.35. The van der Waals surface area contributed by atoms with Crippen LogP contribution in [0.2, 0.25) is 0 Å². The van der Waals surface area contributed by atoms with Gasteiger partial charge in [0.2, 0.25) is 5.91 Å². The number of hydrogen-bond acceptors (Lipinski definition) is 5. The van der Waals surface area contributed by atoms with Gasteiger partial charge in [-0.15, -0.1) is 0 Å². The number of benzene rings is 1. The van der Waals surface area contributed by atoms with E-state index < -0.39 is 9.84 Å². The summed E-state index contributed by atoms with van der Waals surface area (Å²) in [5.74, 6) is 1.95. The van der Waals surface area contributed by atoms with Crippen molar-refractivity contribution in [3.05, 3.63) is 23.8 Å². The Labute approximate surface area is 161 Å². The number of rotatable bonds is 6. The molecule has 1 N–H and O–H groups in total. The summed E-state index contributed by atoms with van der Waals surface area (Å²) < 4.78 is 33.8. The number of quaternary nitrogens is 1. The van der Waals surface area contributed by atoms with Crippen molar-refractivity contribution in [2.45, 2.75) is 19.4 Å². The zero-order chi connectivity index (χ0) is 19.4. The van der Waals surface area contributed by atoms with Crippen LogP contribution in [0.4, 0.5) is 0 Å². The maximum Gasteiger partial charge on any atom is 0.223 e. The third-order valence-electron chi connectivity index (χ3n) is 5.52. The molecule has 0 radical (unpaired) electrons. The van der Waals surface area contributed by atoms with Crippen LogP contribution in [0.1, 0.15) is 18.4 Å². The number of amides is 1. The number of methoxy groups -OCH3 is 2. The number of sulfone groups is 1. The second-order valence-corrected chi connectivity index (χ2v) is 9.70. The Kier molecular flexibility index (Phi) is 6.26. The number of piperazine rings is 1. The van der Waals surface area contributed by atoms with Gasteiger partial charge in [0.25, 0.3) is 0 Å². The fraction of sp³-hybridized carbons (Fsp3) is 0.632. The van der Waals surface area contributed by atoms with E-state index in [1.165, 1.54) is 10.5 Å². The first-order valence-electron chi connectivity index (χ1n) is 9.43. The molecule has 3 rings (SSSR count). The topological polar surface area (TPSA) is 77.4 Å². The first-order valence-corrected chi connectivity index (χ1v) is 11.2. The molecule has 1 aromatic rings. The van der Waals surface area contributed by atoms with E-state index in [2.05, 4.69) is 0 Å². The Morgan fingerprint density at radius 1 is 1.19 bits per heavy atom. The van der Waals surface area contributed by atoms with Crippen LogP contribution >= 0.6 is 0 Å². The molecular weight excluding hydrogens is 368 g/mol. The normalized spacial score (nSPS) is 22.6. The van der Waals surface area contributed by atoms with Crippen LogP contribution < -0.4 is 14.4 Å². The standard InChI is InChI=1S/C19H28N2O5S/c1-25-17-4-3-15(11-18(17)26-2)13-20-6-8-21(9-7-20)19(22)12-16-5-10-27(23,24)14-16/h3-4,11,16H,5-10,12-14H2,1-2H3/p+1/t16-/m0/s1. The van der Waals surface area contributed by atoms with Gasteiger partial charge in [-0.2, -0.15) is 0 Å². The van der Waals surface area contributed by atoms with Gasteiger partial charge < -0.3 is 19.3 Å². The smallest absolute Gasteiger partial charge is 0.223 e. The van der Waals surface area contributed by atoms with Gasteiger partial charge in [0.1, 0.15) is 6.54 Å². The van der Waals surface area contributed by atoms with Crippen molar-refractivity contribution in [3.8, 4) is 11.5 Å². The van der Waals surface area contributed by atoms with E-state index in [4.69, 9.17) is 9.47 Å². The van der Waals surface area contributed by atoms with E-state index in [9.17, 15) is 13.2 Å². The molecule has 2 aliphatic heterocycles. The SMILES string of the molecule is COc1ccc(C[NH+]2CCN(C(=O)C[C@@H]3CCS(=O)(=O)C3)CC2)cc1OC. The van der Waals surface area contributed by atoms with Crippen LogP contribution in [0, 0.1) is 5.92 Å². The Hall–Kier alpha value is -1.80. The predicted molar refractivity (Wildman–Crippen MR) is 102 cm³/mol. The minimum Gasteiger partial charge on any atom is -0.493 e.